The fourth-order valence-electron chi connectivity index (χ4n) is 2.61. The highest BCUT2D eigenvalue weighted by Crippen LogP contribution is 2.35. The van der Waals surface area contributed by atoms with E-state index in [-0.39, 0.29) is 23.9 Å². The van der Waals surface area contributed by atoms with Crippen LogP contribution in [0.3, 0.4) is 0 Å². The Morgan fingerprint density at radius 1 is 1.22 bits per heavy atom. The molecular formula is C14H24N2O2. The lowest BCUT2D eigenvalue weighted by molar-refractivity contribution is -0.149. The molecule has 1 aliphatic heterocycles. The van der Waals surface area contributed by atoms with Crippen molar-refractivity contribution in [2.45, 2.75) is 64.5 Å². The summed E-state index contributed by atoms with van der Waals surface area (Å²) in [6.07, 6.45) is 6.70. The van der Waals surface area contributed by atoms with Crippen LogP contribution in [0.25, 0.3) is 0 Å². The smallest absolute Gasteiger partial charge is 0.246 e. The Balaban J connectivity index is 1.91. The normalized spacial score (nSPS) is 28.4. The van der Waals surface area contributed by atoms with Crippen molar-refractivity contribution in [1.82, 2.24) is 10.2 Å². The van der Waals surface area contributed by atoms with Gasteiger partial charge in [0.25, 0.3) is 0 Å². The summed E-state index contributed by atoms with van der Waals surface area (Å²) in [6, 6.07) is -0.533. The van der Waals surface area contributed by atoms with Gasteiger partial charge in [0.15, 0.2) is 0 Å². The summed E-state index contributed by atoms with van der Waals surface area (Å²) in [5, 5.41) is 2.88. The van der Waals surface area contributed by atoms with Crippen molar-refractivity contribution in [3.8, 4) is 0 Å². The average Bonchev–Trinajstić information content (AvgIpc) is 3.17. The van der Waals surface area contributed by atoms with E-state index in [9.17, 15) is 9.59 Å². The van der Waals surface area contributed by atoms with E-state index in [4.69, 9.17) is 0 Å². The summed E-state index contributed by atoms with van der Waals surface area (Å²) < 4.78 is 0. The van der Waals surface area contributed by atoms with Crippen LogP contribution in [0.4, 0.5) is 0 Å². The van der Waals surface area contributed by atoms with Gasteiger partial charge in [0.05, 0.1) is 0 Å². The second kappa shape index (κ2) is 5.72. The first kappa shape index (κ1) is 13.4. The van der Waals surface area contributed by atoms with Crippen LogP contribution in [0, 0.1) is 5.92 Å². The largest absolute Gasteiger partial charge is 0.342 e. The number of carbonyl (C=O) groups is 2. The van der Waals surface area contributed by atoms with Gasteiger partial charge in [0, 0.05) is 6.54 Å². The van der Waals surface area contributed by atoms with Crippen LogP contribution in [-0.2, 0) is 9.59 Å². The number of rotatable bonds is 6. The Morgan fingerprint density at radius 2 is 1.94 bits per heavy atom. The Labute approximate surface area is 109 Å². The van der Waals surface area contributed by atoms with E-state index < -0.39 is 0 Å². The van der Waals surface area contributed by atoms with E-state index in [1.807, 2.05) is 6.92 Å². The highest BCUT2D eigenvalue weighted by molar-refractivity contribution is 5.97. The molecule has 0 radical (unpaired) electrons. The molecule has 2 atom stereocenters. The average molecular weight is 252 g/mol. The van der Waals surface area contributed by atoms with E-state index in [1.165, 1.54) is 12.8 Å². The molecule has 1 saturated heterocycles. The minimum absolute atomic E-state index is 0.0157. The number of nitrogens with one attached hydrogen (secondary N) is 1. The molecular weight excluding hydrogens is 228 g/mol. The molecule has 4 heteroatoms. The number of piperazine rings is 1. The Bertz CT molecular complexity index is 326. The minimum atomic E-state index is -0.297. The fraction of sp³-hybridized carbons (Fsp3) is 0.857. The lowest BCUT2D eigenvalue weighted by Gasteiger charge is -2.37. The fourth-order valence-corrected chi connectivity index (χ4v) is 2.61. The van der Waals surface area contributed by atoms with E-state index in [0.29, 0.717) is 5.92 Å². The Kier molecular flexibility index (Phi) is 4.25. The highest BCUT2D eigenvalue weighted by Gasteiger charge is 2.45. The molecule has 2 rings (SSSR count). The maximum absolute atomic E-state index is 12.3. The van der Waals surface area contributed by atoms with Crippen LogP contribution >= 0.6 is 0 Å². The zero-order chi connectivity index (χ0) is 13.1. The molecule has 2 unspecified atom stereocenters. The first-order valence-electron chi connectivity index (χ1n) is 7.26. The zero-order valence-electron chi connectivity index (χ0n) is 11.4. The van der Waals surface area contributed by atoms with E-state index in [0.717, 1.165) is 32.2 Å². The van der Waals surface area contributed by atoms with Crippen LogP contribution in [0.5, 0.6) is 0 Å². The number of nitrogens with zero attached hydrogens (tertiary/aromatic N) is 1. The Hall–Kier alpha value is -1.06. The number of amides is 2. The summed E-state index contributed by atoms with van der Waals surface area (Å²) in [7, 11) is 0. The molecule has 18 heavy (non-hydrogen) atoms. The molecule has 2 fully saturated rings. The lowest BCUT2D eigenvalue weighted by atomic mass is 10.0. The van der Waals surface area contributed by atoms with Crippen molar-refractivity contribution in [1.29, 1.82) is 0 Å². The predicted molar refractivity (Wildman–Crippen MR) is 70.0 cm³/mol. The third kappa shape index (κ3) is 2.85. The van der Waals surface area contributed by atoms with Crippen molar-refractivity contribution >= 4 is 11.8 Å². The maximum atomic E-state index is 12.3. The second-order valence-corrected chi connectivity index (χ2v) is 5.59. The summed E-state index contributed by atoms with van der Waals surface area (Å²) in [5.74, 6) is 0.551. The van der Waals surface area contributed by atoms with Gasteiger partial charge in [-0.15, -0.1) is 0 Å². The van der Waals surface area contributed by atoms with Gasteiger partial charge >= 0.3 is 0 Å². The highest BCUT2D eigenvalue weighted by atomic mass is 16.2. The molecule has 1 heterocycles. The topological polar surface area (TPSA) is 49.4 Å². The lowest BCUT2D eigenvalue weighted by Crippen LogP contribution is -2.63. The standard InChI is InChI=1S/C14H24N2O2/c1-3-4-5-6-9-16-10(2)13(17)15-12(14(16)18)11-7-8-11/h10-12H,3-9H2,1-2H3,(H,15,17). The minimum Gasteiger partial charge on any atom is -0.342 e. The molecule has 1 N–H and O–H groups in total. The second-order valence-electron chi connectivity index (χ2n) is 5.59. The Morgan fingerprint density at radius 3 is 2.56 bits per heavy atom. The quantitative estimate of drug-likeness (QED) is 0.731. The van der Waals surface area contributed by atoms with Crippen LogP contribution in [0.1, 0.15) is 52.4 Å². The van der Waals surface area contributed by atoms with Gasteiger partial charge in [-0.25, -0.2) is 0 Å². The monoisotopic (exact) mass is 252 g/mol. The predicted octanol–water partition coefficient (Wildman–Crippen LogP) is 1.69. The molecule has 2 aliphatic rings. The molecule has 1 saturated carbocycles. The van der Waals surface area contributed by atoms with E-state index in [1.54, 1.807) is 4.90 Å². The third-order valence-electron chi connectivity index (χ3n) is 4.04. The van der Waals surface area contributed by atoms with Crippen LogP contribution in [0.2, 0.25) is 0 Å². The van der Waals surface area contributed by atoms with E-state index >= 15 is 0 Å². The van der Waals surface area contributed by atoms with Crippen molar-refractivity contribution in [2.24, 2.45) is 5.92 Å². The van der Waals surface area contributed by atoms with Crippen molar-refractivity contribution in [3.05, 3.63) is 0 Å². The van der Waals surface area contributed by atoms with Gasteiger partial charge in [-0.2, -0.15) is 0 Å². The molecule has 2 amide bonds. The van der Waals surface area contributed by atoms with Crippen LogP contribution < -0.4 is 5.32 Å². The molecule has 0 aromatic carbocycles. The number of carbonyl (C=O) groups excluding carboxylic acids is 2. The molecule has 1 aliphatic carbocycles. The molecule has 102 valence electrons. The summed E-state index contributed by atoms with van der Waals surface area (Å²) in [5.41, 5.74) is 0. The first-order valence-corrected chi connectivity index (χ1v) is 7.26. The number of hydrogen-bond acceptors (Lipinski definition) is 2. The van der Waals surface area contributed by atoms with Gasteiger partial charge in [-0.3, -0.25) is 9.59 Å². The molecule has 0 bridgehead atoms. The first-order chi connectivity index (χ1) is 8.65. The van der Waals surface area contributed by atoms with Gasteiger partial charge < -0.3 is 10.2 Å². The zero-order valence-corrected chi connectivity index (χ0v) is 11.4. The van der Waals surface area contributed by atoms with Gasteiger partial charge in [0.1, 0.15) is 12.1 Å². The molecule has 0 aromatic heterocycles. The van der Waals surface area contributed by atoms with Gasteiger partial charge in [-0.05, 0) is 32.1 Å². The van der Waals surface area contributed by atoms with E-state index in [2.05, 4.69) is 12.2 Å². The number of unbranched alkanes of at least 4 members (excludes halogenated alkanes) is 3. The SMILES string of the molecule is CCCCCCN1C(=O)C(C2CC2)NC(=O)C1C. The molecule has 4 nitrogen and oxygen atoms in total. The van der Waals surface area contributed by atoms with Crippen LogP contribution in [-0.4, -0.2) is 35.3 Å². The van der Waals surface area contributed by atoms with Gasteiger partial charge in [0.2, 0.25) is 11.8 Å². The van der Waals surface area contributed by atoms with Crippen LogP contribution in [0.15, 0.2) is 0 Å². The summed E-state index contributed by atoms with van der Waals surface area (Å²) in [6.45, 7) is 4.73. The number of hydrogen-bond donors (Lipinski definition) is 1. The molecule has 0 aromatic rings. The summed E-state index contributed by atoms with van der Waals surface area (Å²) in [4.78, 5) is 26.0. The van der Waals surface area contributed by atoms with Gasteiger partial charge in [-0.1, -0.05) is 26.2 Å². The van der Waals surface area contributed by atoms with Crippen molar-refractivity contribution in [2.75, 3.05) is 6.54 Å². The van der Waals surface area contributed by atoms with Crippen molar-refractivity contribution in [3.63, 3.8) is 0 Å². The molecule has 0 spiro atoms. The van der Waals surface area contributed by atoms with Crippen molar-refractivity contribution < 1.29 is 9.59 Å². The maximum Gasteiger partial charge on any atom is 0.246 e. The third-order valence-corrected chi connectivity index (χ3v) is 4.04. The summed E-state index contributed by atoms with van der Waals surface area (Å²) >= 11 is 0.